The molecule has 0 aromatic carbocycles. The third-order valence-electron chi connectivity index (χ3n) is 4.83. The predicted octanol–water partition coefficient (Wildman–Crippen LogP) is 6.31. The molecular formula is C24H35N2S+. The lowest BCUT2D eigenvalue weighted by Crippen LogP contribution is -2.32. The minimum Gasteiger partial charge on any atom is -0.204 e. The van der Waals surface area contributed by atoms with E-state index in [-0.39, 0.29) is 10.8 Å². The number of pyridine rings is 1. The van der Waals surface area contributed by atoms with Gasteiger partial charge in [0.15, 0.2) is 12.4 Å². The van der Waals surface area contributed by atoms with Crippen LogP contribution in [0.2, 0.25) is 0 Å². The molecule has 0 radical (unpaired) electrons. The highest BCUT2D eigenvalue weighted by atomic mass is 32.1. The summed E-state index contributed by atoms with van der Waals surface area (Å²) in [6.45, 7) is 14.9. The van der Waals surface area contributed by atoms with Gasteiger partial charge in [-0.2, -0.15) is 5.26 Å². The standard InChI is InChI=1S/C24H35N2S/c1-23(2,3)21-16-20(22(27-21)24(4,5)6)13-9-7-8-10-14-26-15-11-12-19(17-25)18-26/h11-12,15-16,18H,7-10,13-14H2,1-6H3/q+1. The molecule has 3 heteroatoms. The van der Waals surface area contributed by atoms with Crippen molar-refractivity contribution in [3.05, 3.63) is 51.5 Å². The monoisotopic (exact) mass is 383 g/mol. The van der Waals surface area contributed by atoms with Gasteiger partial charge < -0.3 is 0 Å². The van der Waals surface area contributed by atoms with Crippen LogP contribution in [0.15, 0.2) is 30.6 Å². The Morgan fingerprint density at radius 3 is 2.33 bits per heavy atom. The van der Waals surface area contributed by atoms with Gasteiger partial charge in [0.25, 0.3) is 0 Å². The first-order valence-electron chi connectivity index (χ1n) is 10.1. The summed E-state index contributed by atoms with van der Waals surface area (Å²) in [5.74, 6) is 0. The highest BCUT2D eigenvalue weighted by Gasteiger charge is 2.25. The van der Waals surface area contributed by atoms with Gasteiger partial charge in [0.2, 0.25) is 0 Å². The van der Waals surface area contributed by atoms with E-state index in [1.807, 2.05) is 29.7 Å². The lowest BCUT2D eigenvalue weighted by Gasteiger charge is -2.19. The Kier molecular flexibility index (Phi) is 7.23. The number of thiophene rings is 1. The molecule has 0 bridgehead atoms. The van der Waals surface area contributed by atoms with Crippen LogP contribution in [0.25, 0.3) is 0 Å². The van der Waals surface area contributed by atoms with Gasteiger partial charge in [-0.1, -0.05) is 48.0 Å². The van der Waals surface area contributed by atoms with Crippen molar-refractivity contribution in [3.63, 3.8) is 0 Å². The first-order valence-corrected chi connectivity index (χ1v) is 11.0. The van der Waals surface area contributed by atoms with Gasteiger partial charge >= 0.3 is 0 Å². The second kappa shape index (κ2) is 9.02. The zero-order chi connectivity index (χ0) is 20.1. The van der Waals surface area contributed by atoms with E-state index >= 15 is 0 Å². The Hall–Kier alpha value is -1.66. The molecule has 0 aliphatic rings. The maximum atomic E-state index is 8.98. The van der Waals surface area contributed by atoms with Crippen LogP contribution in [0.5, 0.6) is 0 Å². The van der Waals surface area contributed by atoms with Crippen molar-refractivity contribution in [2.45, 2.75) is 91.0 Å². The highest BCUT2D eigenvalue weighted by Crippen LogP contribution is 2.39. The summed E-state index contributed by atoms with van der Waals surface area (Å²) in [7, 11) is 0. The van der Waals surface area contributed by atoms with E-state index < -0.39 is 0 Å². The molecule has 0 saturated heterocycles. The zero-order valence-corrected chi connectivity index (χ0v) is 18.7. The van der Waals surface area contributed by atoms with Gasteiger partial charge in [0.1, 0.15) is 18.2 Å². The fraction of sp³-hybridized carbons (Fsp3) is 0.583. The number of hydrogen-bond acceptors (Lipinski definition) is 2. The van der Waals surface area contributed by atoms with Crippen molar-refractivity contribution >= 4 is 11.3 Å². The van der Waals surface area contributed by atoms with Crippen LogP contribution in [0, 0.1) is 11.3 Å². The first kappa shape index (κ1) is 21.6. The number of aryl methyl sites for hydroxylation is 2. The maximum absolute atomic E-state index is 8.98. The summed E-state index contributed by atoms with van der Waals surface area (Å²) >= 11 is 2.01. The Labute approximate surface area is 169 Å². The van der Waals surface area contributed by atoms with E-state index in [0.29, 0.717) is 0 Å². The van der Waals surface area contributed by atoms with Crippen molar-refractivity contribution in [1.82, 2.24) is 0 Å². The van der Waals surface area contributed by atoms with Crippen LogP contribution in [-0.4, -0.2) is 0 Å². The Balaban J connectivity index is 1.84. The van der Waals surface area contributed by atoms with E-state index in [4.69, 9.17) is 5.26 Å². The third-order valence-corrected chi connectivity index (χ3v) is 6.86. The SMILES string of the molecule is CC(C)(C)c1cc(CCCCCC[n+]2cccc(C#N)c2)c(C(C)(C)C)s1. The number of rotatable bonds is 7. The van der Waals surface area contributed by atoms with Crippen LogP contribution in [0.3, 0.4) is 0 Å². The topological polar surface area (TPSA) is 27.7 Å². The van der Waals surface area contributed by atoms with Crippen molar-refractivity contribution in [1.29, 1.82) is 5.26 Å². The molecule has 2 aromatic rings. The third kappa shape index (κ3) is 6.47. The molecule has 0 aliphatic carbocycles. The molecule has 2 heterocycles. The largest absolute Gasteiger partial charge is 0.204 e. The zero-order valence-electron chi connectivity index (χ0n) is 17.9. The lowest BCUT2D eigenvalue weighted by molar-refractivity contribution is -0.697. The summed E-state index contributed by atoms with van der Waals surface area (Å²) < 4.78 is 2.13. The second-order valence-electron chi connectivity index (χ2n) is 9.57. The second-order valence-corrected chi connectivity index (χ2v) is 10.6. The Morgan fingerprint density at radius 2 is 1.70 bits per heavy atom. The molecule has 0 N–H and O–H groups in total. The fourth-order valence-corrected chi connectivity index (χ4v) is 4.63. The summed E-state index contributed by atoms with van der Waals surface area (Å²) in [6, 6.07) is 8.48. The summed E-state index contributed by atoms with van der Waals surface area (Å²) in [6.07, 6.45) is 10.1. The van der Waals surface area contributed by atoms with Crippen molar-refractivity contribution in [2.75, 3.05) is 0 Å². The molecule has 2 aromatic heterocycles. The van der Waals surface area contributed by atoms with Crippen LogP contribution >= 0.6 is 11.3 Å². The van der Waals surface area contributed by atoms with Gasteiger partial charge in [0.05, 0.1) is 0 Å². The average molecular weight is 384 g/mol. The molecule has 0 fully saturated rings. The molecular weight excluding hydrogens is 348 g/mol. The molecule has 0 atom stereocenters. The number of hydrogen-bond donors (Lipinski definition) is 0. The van der Waals surface area contributed by atoms with Crippen LogP contribution in [0.4, 0.5) is 0 Å². The smallest absolute Gasteiger partial charge is 0.186 e. The summed E-state index contributed by atoms with van der Waals surface area (Å²) in [5.41, 5.74) is 2.76. The van der Waals surface area contributed by atoms with Gasteiger partial charge in [-0.3, -0.25) is 0 Å². The van der Waals surface area contributed by atoms with E-state index in [1.54, 1.807) is 10.4 Å². The van der Waals surface area contributed by atoms with E-state index in [9.17, 15) is 0 Å². The predicted molar refractivity (Wildman–Crippen MR) is 115 cm³/mol. The van der Waals surface area contributed by atoms with E-state index in [1.165, 1.54) is 37.0 Å². The fourth-order valence-electron chi connectivity index (χ4n) is 3.31. The van der Waals surface area contributed by atoms with E-state index in [0.717, 1.165) is 12.1 Å². The quantitative estimate of drug-likeness (QED) is 0.407. The van der Waals surface area contributed by atoms with Crippen LogP contribution < -0.4 is 4.57 Å². The Morgan fingerprint density at radius 1 is 1.00 bits per heavy atom. The minimum atomic E-state index is 0.228. The van der Waals surface area contributed by atoms with Crippen molar-refractivity contribution < 1.29 is 4.57 Å². The van der Waals surface area contributed by atoms with Gasteiger partial charge in [-0.25, -0.2) is 4.57 Å². The molecule has 146 valence electrons. The van der Waals surface area contributed by atoms with Gasteiger partial charge in [-0.15, -0.1) is 11.3 Å². The van der Waals surface area contributed by atoms with E-state index in [2.05, 4.69) is 64.4 Å². The highest BCUT2D eigenvalue weighted by molar-refractivity contribution is 7.12. The molecule has 0 spiro atoms. The average Bonchev–Trinajstić information content (AvgIpc) is 3.03. The number of nitriles is 1. The lowest BCUT2D eigenvalue weighted by atomic mass is 9.88. The molecule has 0 amide bonds. The van der Waals surface area contributed by atoms with Crippen LogP contribution in [0.1, 0.15) is 88.1 Å². The summed E-state index contributed by atoms with van der Waals surface area (Å²) in [4.78, 5) is 3.08. The van der Waals surface area contributed by atoms with Gasteiger partial charge in [0, 0.05) is 22.2 Å². The molecule has 2 nitrogen and oxygen atoms in total. The number of unbranched alkanes of at least 4 members (excludes halogenated alkanes) is 3. The number of aromatic nitrogens is 1. The maximum Gasteiger partial charge on any atom is 0.186 e. The molecule has 2 rings (SSSR count). The number of nitrogens with zero attached hydrogens (tertiary/aromatic N) is 2. The summed E-state index contributed by atoms with van der Waals surface area (Å²) in [5, 5.41) is 8.98. The van der Waals surface area contributed by atoms with Crippen molar-refractivity contribution in [2.24, 2.45) is 0 Å². The van der Waals surface area contributed by atoms with Gasteiger partial charge in [-0.05, 0) is 47.8 Å². The molecule has 0 aliphatic heterocycles. The van der Waals surface area contributed by atoms with Crippen molar-refractivity contribution in [3.8, 4) is 6.07 Å². The Bertz CT molecular complexity index is 782. The molecule has 0 saturated carbocycles. The minimum absolute atomic E-state index is 0.228. The normalized spacial score (nSPS) is 12.2. The molecule has 0 unspecified atom stereocenters. The van der Waals surface area contributed by atoms with Crippen LogP contribution in [-0.2, 0) is 23.8 Å². The first-order chi connectivity index (χ1) is 12.6. The molecule has 27 heavy (non-hydrogen) atoms.